The van der Waals surface area contributed by atoms with Gasteiger partial charge in [-0.2, -0.15) is 12.6 Å². The van der Waals surface area contributed by atoms with Gasteiger partial charge in [0.25, 0.3) is 0 Å². The van der Waals surface area contributed by atoms with Gasteiger partial charge in [0.1, 0.15) is 12.1 Å². The minimum Gasteiger partial charge on any atom is -0.480 e. The zero-order valence-electron chi connectivity index (χ0n) is 14.9. The van der Waals surface area contributed by atoms with E-state index in [1.807, 2.05) is 0 Å². The Morgan fingerprint density at radius 1 is 0.960 bits per heavy atom. The van der Waals surface area contributed by atoms with Gasteiger partial charge in [-0.15, -0.1) is 0 Å². The molecule has 0 heterocycles. The molecule has 3 atom stereocenters. The van der Waals surface area contributed by atoms with Crippen molar-refractivity contribution in [1.29, 1.82) is 0 Å². The summed E-state index contributed by atoms with van der Waals surface area (Å²) >= 11 is 3.89. The molecule has 0 spiro atoms. The van der Waals surface area contributed by atoms with Crippen LogP contribution in [-0.4, -0.2) is 59.2 Å². The fourth-order valence-corrected chi connectivity index (χ4v) is 2.06. The number of carbonyl (C=O) groups is 4. The fourth-order valence-electron chi connectivity index (χ4n) is 1.90. The molecule has 25 heavy (non-hydrogen) atoms. The summed E-state index contributed by atoms with van der Waals surface area (Å²) in [6.07, 6.45) is 0. The number of carbonyl (C=O) groups excluding carboxylic acids is 3. The molecule has 0 saturated heterocycles. The molecule has 0 aromatic carbocycles. The van der Waals surface area contributed by atoms with Crippen LogP contribution in [0, 0.1) is 11.8 Å². The Kier molecular flexibility index (Phi) is 10.1. The average Bonchev–Trinajstić information content (AvgIpc) is 2.53. The molecule has 10 heteroatoms. The number of hydrogen-bond acceptors (Lipinski definition) is 6. The first-order chi connectivity index (χ1) is 11.5. The predicted molar refractivity (Wildman–Crippen MR) is 96.0 cm³/mol. The zero-order chi connectivity index (χ0) is 19.7. The zero-order valence-corrected chi connectivity index (χ0v) is 15.8. The van der Waals surface area contributed by atoms with Gasteiger partial charge in [0, 0.05) is 5.75 Å². The van der Waals surface area contributed by atoms with Crippen molar-refractivity contribution in [1.82, 2.24) is 16.0 Å². The Hall–Kier alpha value is -1.81. The third kappa shape index (κ3) is 8.21. The van der Waals surface area contributed by atoms with Gasteiger partial charge in [-0.05, 0) is 11.8 Å². The normalized spacial score (nSPS) is 14.6. The van der Waals surface area contributed by atoms with Crippen LogP contribution in [0.15, 0.2) is 0 Å². The number of carboxylic acids is 1. The van der Waals surface area contributed by atoms with Crippen molar-refractivity contribution in [2.45, 2.75) is 45.8 Å². The van der Waals surface area contributed by atoms with Gasteiger partial charge < -0.3 is 26.8 Å². The largest absolute Gasteiger partial charge is 0.480 e. The smallest absolute Gasteiger partial charge is 0.326 e. The van der Waals surface area contributed by atoms with E-state index >= 15 is 0 Å². The van der Waals surface area contributed by atoms with E-state index in [1.54, 1.807) is 27.7 Å². The summed E-state index contributed by atoms with van der Waals surface area (Å²) < 4.78 is 0. The van der Waals surface area contributed by atoms with Crippen LogP contribution in [0.3, 0.4) is 0 Å². The predicted octanol–water partition coefficient (Wildman–Crippen LogP) is -1.27. The number of aliphatic carboxylic acids is 1. The summed E-state index contributed by atoms with van der Waals surface area (Å²) in [5, 5.41) is 16.4. The maximum atomic E-state index is 12.3. The first kappa shape index (κ1) is 23.2. The van der Waals surface area contributed by atoms with Crippen molar-refractivity contribution in [3.63, 3.8) is 0 Å². The molecule has 3 unspecified atom stereocenters. The summed E-state index contributed by atoms with van der Waals surface area (Å²) in [5.74, 6) is -3.30. The monoisotopic (exact) mass is 376 g/mol. The van der Waals surface area contributed by atoms with Crippen molar-refractivity contribution in [3.05, 3.63) is 0 Å². The van der Waals surface area contributed by atoms with Gasteiger partial charge in [0.15, 0.2) is 0 Å². The molecule has 0 aromatic heterocycles. The summed E-state index contributed by atoms with van der Waals surface area (Å²) in [6, 6.07) is -2.81. The van der Waals surface area contributed by atoms with Crippen LogP contribution in [0.5, 0.6) is 0 Å². The molecule has 3 amide bonds. The fraction of sp³-hybridized carbons (Fsp3) is 0.733. The van der Waals surface area contributed by atoms with E-state index < -0.39 is 41.8 Å². The van der Waals surface area contributed by atoms with Crippen LogP contribution >= 0.6 is 12.6 Å². The lowest BCUT2D eigenvalue weighted by Crippen LogP contribution is -2.56. The molecule has 6 N–H and O–H groups in total. The molecule has 0 radical (unpaired) electrons. The van der Waals surface area contributed by atoms with Crippen LogP contribution < -0.4 is 21.7 Å². The average molecular weight is 376 g/mol. The molecule has 144 valence electrons. The summed E-state index contributed by atoms with van der Waals surface area (Å²) in [7, 11) is 0. The van der Waals surface area contributed by atoms with E-state index in [1.165, 1.54) is 0 Å². The lowest BCUT2D eigenvalue weighted by Gasteiger charge is -2.25. The maximum Gasteiger partial charge on any atom is 0.326 e. The standard InChI is InChI=1S/C15H28N4O5S/c1-7(2)11(14(22)19-12(8(3)4)15(23)24)18-10(20)5-17-13(21)9(16)6-25/h7-9,11-12,25H,5-6,16H2,1-4H3,(H,17,21)(H,18,20)(H,19,22)(H,23,24). The highest BCUT2D eigenvalue weighted by molar-refractivity contribution is 7.80. The van der Waals surface area contributed by atoms with Gasteiger partial charge in [-0.25, -0.2) is 4.79 Å². The number of carboxylic acid groups (broad SMARTS) is 1. The van der Waals surface area contributed by atoms with Gasteiger partial charge in [-0.1, -0.05) is 27.7 Å². The Balaban J connectivity index is 4.79. The van der Waals surface area contributed by atoms with Crippen LogP contribution in [0.4, 0.5) is 0 Å². The highest BCUT2D eigenvalue weighted by Gasteiger charge is 2.30. The third-order valence-electron chi connectivity index (χ3n) is 3.45. The van der Waals surface area contributed by atoms with E-state index in [0.717, 1.165) is 0 Å². The van der Waals surface area contributed by atoms with E-state index in [2.05, 4.69) is 28.6 Å². The van der Waals surface area contributed by atoms with Crippen molar-refractivity contribution in [2.24, 2.45) is 17.6 Å². The Morgan fingerprint density at radius 3 is 1.88 bits per heavy atom. The number of nitrogens with two attached hydrogens (primary N) is 1. The number of thiol groups is 1. The molecule has 0 aliphatic carbocycles. The first-order valence-electron chi connectivity index (χ1n) is 7.97. The van der Waals surface area contributed by atoms with Gasteiger partial charge in [0.2, 0.25) is 17.7 Å². The molecule has 0 bridgehead atoms. The van der Waals surface area contributed by atoms with Crippen LogP contribution in [0.25, 0.3) is 0 Å². The number of nitrogens with one attached hydrogen (secondary N) is 3. The minimum atomic E-state index is -1.15. The number of hydrogen-bond donors (Lipinski definition) is 6. The topological polar surface area (TPSA) is 151 Å². The second-order valence-electron chi connectivity index (χ2n) is 6.36. The van der Waals surface area contributed by atoms with Gasteiger partial charge in [0.05, 0.1) is 12.6 Å². The molecular formula is C15H28N4O5S. The second kappa shape index (κ2) is 10.9. The molecule has 0 fully saturated rings. The van der Waals surface area contributed by atoms with Crippen LogP contribution in [0.1, 0.15) is 27.7 Å². The van der Waals surface area contributed by atoms with Gasteiger partial charge >= 0.3 is 5.97 Å². The Labute approximate surface area is 152 Å². The van der Waals surface area contributed by atoms with Crippen LogP contribution in [0.2, 0.25) is 0 Å². The van der Waals surface area contributed by atoms with E-state index in [4.69, 9.17) is 10.8 Å². The summed E-state index contributed by atoms with van der Waals surface area (Å²) in [5.41, 5.74) is 5.47. The molecular weight excluding hydrogens is 348 g/mol. The number of rotatable bonds is 10. The van der Waals surface area contributed by atoms with Crippen LogP contribution in [-0.2, 0) is 19.2 Å². The SMILES string of the molecule is CC(C)C(NC(=O)C(NC(=O)CNC(=O)C(N)CS)C(C)C)C(=O)O. The highest BCUT2D eigenvalue weighted by atomic mass is 32.1. The number of amides is 3. The van der Waals surface area contributed by atoms with E-state index in [-0.39, 0.29) is 24.1 Å². The van der Waals surface area contributed by atoms with Gasteiger partial charge in [-0.3, -0.25) is 14.4 Å². The molecule has 0 aliphatic heterocycles. The molecule has 9 nitrogen and oxygen atoms in total. The lowest BCUT2D eigenvalue weighted by molar-refractivity contribution is -0.143. The molecule has 0 saturated carbocycles. The molecule has 0 aliphatic rings. The van der Waals surface area contributed by atoms with Crippen molar-refractivity contribution < 1.29 is 24.3 Å². The quantitative estimate of drug-likeness (QED) is 0.262. The van der Waals surface area contributed by atoms with Crippen molar-refractivity contribution in [3.8, 4) is 0 Å². The van der Waals surface area contributed by atoms with Crippen molar-refractivity contribution >= 4 is 36.3 Å². The molecule has 0 aromatic rings. The molecule has 0 rings (SSSR count). The highest BCUT2D eigenvalue weighted by Crippen LogP contribution is 2.06. The van der Waals surface area contributed by atoms with Crippen molar-refractivity contribution in [2.75, 3.05) is 12.3 Å². The first-order valence-corrected chi connectivity index (χ1v) is 8.61. The lowest BCUT2D eigenvalue weighted by atomic mass is 10.0. The second-order valence-corrected chi connectivity index (χ2v) is 6.73. The van der Waals surface area contributed by atoms with E-state index in [0.29, 0.717) is 0 Å². The minimum absolute atomic E-state index is 0.135. The third-order valence-corrected chi connectivity index (χ3v) is 3.85. The summed E-state index contributed by atoms with van der Waals surface area (Å²) in [6.45, 7) is 6.42. The maximum absolute atomic E-state index is 12.3. The van der Waals surface area contributed by atoms with E-state index in [9.17, 15) is 19.2 Å². The summed E-state index contributed by atoms with van der Waals surface area (Å²) in [4.78, 5) is 47.0. The Bertz CT molecular complexity index is 498. The Morgan fingerprint density at radius 2 is 1.48 bits per heavy atom.